The van der Waals surface area contributed by atoms with E-state index in [0.717, 1.165) is 17.3 Å². The van der Waals surface area contributed by atoms with Crippen molar-refractivity contribution in [3.8, 4) is 0 Å². The fourth-order valence-electron chi connectivity index (χ4n) is 2.34. The fraction of sp³-hybridized carbons (Fsp3) is 0.400. The van der Waals surface area contributed by atoms with Gasteiger partial charge in [-0.3, -0.25) is 4.68 Å². The van der Waals surface area contributed by atoms with E-state index in [1.54, 1.807) is 4.68 Å². The maximum absolute atomic E-state index is 13.1. The van der Waals surface area contributed by atoms with E-state index in [1.165, 1.54) is 12.1 Å². The van der Waals surface area contributed by atoms with Gasteiger partial charge in [-0.1, -0.05) is 0 Å². The first-order valence-electron chi connectivity index (χ1n) is 6.64. The third-order valence-corrected chi connectivity index (χ3v) is 3.30. The van der Waals surface area contributed by atoms with Gasteiger partial charge in [-0.15, -0.1) is 0 Å². The van der Waals surface area contributed by atoms with Crippen molar-refractivity contribution in [2.24, 2.45) is 7.05 Å². The molecular formula is C15H19F2N3. The van der Waals surface area contributed by atoms with Crippen molar-refractivity contribution in [3.63, 3.8) is 0 Å². The van der Waals surface area contributed by atoms with Crippen LogP contribution in [0.1, 0.15) is 29.8 Å². The lowest BCUT2D eigenvalue weighted by Crippen LogP contribution is -2.21. The zero-order valence-electron chi connectivity index (χ0n) is 12.0. The summed E-state index contributed by atoms with van der Waals surface area (Å²) in [4.78, 5) is 0. The molecule has 3 nitrogen and oxygen atoms in total. The van der Waals surface area contributed by atoms with Gasteiger partial charge >= 0.3 is 0 Å². The first-order valence-corrected chi connectivity index (χ1v) is 6.64. The van der Waals surface area contributed by atoms with Crippen LogP contribution >= 0.6 is 0 Å². The summed E-state index contributed by atoms with van der Waals surface area (Å²) in [5.41, 5.74) is 2.78. The van der Waals surface area contributed by atoms with Gasteiger partial charge in [0.25, 0.3) is 0 Å². The van der Waals surface area contributed by atoms with Crippen LogP contribution in [0.25, 0.3) is 0 Å². The molecule has 0 aliphatic heterocycles. The van der Waals surface area contributed by atoms with Gasteiger partial charge in [-0.25, -0.2) is 8.78 Å². The van der Waals surface area contributed by atoms with Crippen LogP contribution in [0.2, 0.25) is 0 Å². The van der Waals surface area contributed by atoms with E-state index >= 15 is 0 Å². The lowest BCUT2D eigenvalue weighted by Gasteiger charge is -2.13. The summed E-state index contributed by atoms with van der Waals surface area (Å²) in [6.07, 6.45) is 2.56. The second-order valence-corrected chi connectivity index (χ2v) is 5.05. The number of nitrogens with one attached hydrogen (secondary N) is 1. The van der Waals surface area contributed by atoms with Crippen LogP contribution in [0.4, 0.5) is 8.78 Å². The number of benzene rings is 1. The van der Waals surface area contributed by atoms with Gasteiger partial charge in [0.2, 0.25) is 0 Å². The summed E-state index contributed by atoms with van der Waals surface area (Å²) in [7, 11) is 1.89. The highest BCUT2D eigenvalue weighted by Gasteiger charge is 2.11. The van der Waals surface area contributed by atoms with Crippen molar-refractivity contribution in [3.05, 3.63) is 52.9 Å². The topological polar surface area (TPSA) is 29.9 Å². The Morgan fingerprint density at radius 2 is 1.90 bits per heavy atom. The molecule has 2 aromatic rings. The van der Waals surface area contributed by atoms with E-state index < -0.39 is 11.6 Å². The highest BCUT2D eigenvalue weighted by Crippen LogP contribution is 2.15. The molecule has 1 unspecified atom stereocenters. The number of nitrogens with zero attached hydrogens (tertiary/aromatic N) is 2. The molecule has 1 N–H and O–H groups in total. The predicted octanol–water partition coefficient (Wildman–Crippen LogP) is 2.90. The Balaban J connectivity index is 1.91. The third kappa shape index (κ3) is 3.63. The number of hydrogen-bond donors (Lipinski definition) is 1. The minimum atomic E-state index is -0.531. The normalized spacial score (nSPS) is 12.7. The van der Waals surface area contributed by atoms with E-state index in [2.05, 4.69) is 17.3 Å². The minimum Gasteiger partial charge on any atom is -0.310 e. The summed E-state index contributed by atoms with van der Waals surface area (Å²) >= 11 is 0. The van der Waals surface area contributed by atoms with Gasteiger partial charge in [0.05, 0.1) is 5.69 Å². The second-order valence-electron chi connectivity index (χ2n) is 5.05. The Morgan fingerprint density at radius 1 is 1.25 bits per heavy atom. The highest BCUT2D eigenvalue weighted by molar-refractivity contribution is 5.20. The van der Waals surface area contributed by atoms with Gasteiger partial charge < -0.3 is 5.32 Å². The zero-order chi connectivity index (χ0) is 14.7. The predicted molar refractivity (Wildman–Crippen MR) is 74.4 cm³/mol. The number of hydrogen-bond acceptors (Lipinski definition) is 2. The summed E-state index contributed by atoms with van der Waals surface area (Å²) in [5.74, 6) is -1.06. The maximum atomic E-state index is 13.1. The van der Waals surface area contributed by atoms with Crippen molar-refractivity contribution in [1.82, 2.24) is 15.1 Å². The van der Waals surface area contributed by atoms with Gasteiger partial charge in [0.15, 0.2) is 0 Å². The molecule has 2 rings (SSSR count). The molecule has 0 saturated heterocycles. The second kappa shape index (κ2) is 6.13. The fourth-order valence-corrected chi connectivity index (χ4v) is 2.34. The monoisotopic (exact) mass is 279 g/mol. The van der Waals surface area contributed by atoms with Crippen LogP contribution in [0.3, 0.4) is 0 Å². The molecule has 0 saturated carbocycles. The smallest absolute Gasteiger partial charge is 0.126 e. The molecular weight excluding hydrogens is 260 g/mol. The SMILES string of the molecule is Cc1nn(C)cc1C(C)NCCc1cc(F)cc(F)c1. The van der Waals surface area contributed by atoms with Crippen molar-refractivity contribution in [2.75, 3.05) is 6.54 Å². The molecule has 1 atom stereocenters. The van der Waals surface area contributed by atoms with Crippen molar-refractivity contribution >= 4 is 0 Å². The molecule has 108 valence electrons. The molecule has 0 spiro atoms. The average Bonchev–Trinajstić information content (AvgIpc) is 2.67. The summed E-state index contributed by atoms with van der Waals surface area (Å²) in [5, 5.41) is 7.64. The number of aryl methyl sites for hydroxylation is 2. The number of aromatic nitrogens is 2. The lowest BCUT2D eigenvalue weighted by atomic mass is 10.1. The Bertz CT molecular complexity index is 573. The van der Waals surface area contributed by atoms with Crippen LogP contribution in [0, 0.1) is 18.6 Å². The molecule has 0 aliphatic carbocycles. The van der Waals surface area contributed by atoms with Crippen molar-refractivity contribution in [1.29, 1.82) is 0 Å². The molecule has 1 aromatic carbocycles. The van der Waals surface area contributed by atoms with E-state index in [4.69, 9.17) is 0 Å². The zero-order valence-corrected chi connectivity index (χ0v) is 12.0. The molecule has 0 radical (unpaired) electrons. The lowest BCUT2D eigenvalue weighted by molar-refractivity contribution is 0.562. The molecule has 0 aliphatic rings. The van der Waals surface area contributed by atoms with E-state index in [0.29, 0.717) is 18.5 Å². The molecule has 20 heavy (non-hydrogen) atoms. The quantitative estimate of drug-likeness (QED) is 0.912. The Hall–Kier alpha value is -1.75. The van der Waals surface area contributed by atoms with Crippen LogP contribution in [0.15, 0.2) is 24.4 Å². The third-order valence-electron chi connectivity index (χ3n) is 3.30. The molecule has 5 heteroatoms. The first kappa shape index (κ1) is 14.7. The van der Waals surface area contributed by atoms with Crippen LogP contribution in [0.5, 0.6) is 0 Å². The van der Waals surface area contributed by atoms with Crippen molar-refractivity contribution < 1.29 is 8.78 Å². The van der Waals surface area contributed by atoms with E-state index in [1.807, 2.05) is 20.2 Å². The maximum Gasteiger partial charge on any atom is 0.126 e. The average molecular weight is 279 g/mol. The summed E-state index contributed by atoms with van der Waals surface area (Å²) in [6.45, 7) is 4.67. The standard InChI is InChI=1S/C15H19F2N3/c1-10(15-9-20(3)19-11(15)2)18-5-4-12-6-13(16)8-14(17)7-12/h6-10,18H,4-5H2,1-3H3. The summed E-state index contributed by atoms with van der Waals surface area (Å²) in [6, 6.07) is 3.77. The van der Waals surface area contributed by atoms with E-state index in [-0.39, 0.29) is 6.04 Å². The Morgan fingerprint density at radius 3 is 2.45 bits per heavy atom. The molecule has 1 heterocycles. The number of halogens is 2. The van der Waals surface area contributed by atoms with Crippen LogP contribution < -0.4 is 5.32 Å². The number of rotatable bonds is 5. The van der Waals surface area contributed by atoms with Gasteiger partial charge in [-0.2, -0.15) is 5.10 Å². The molecule has 0 amide bonds. The van der Waals surface area contributed by atoms with Crippen molar-refractivity contribution in [2.45, 2.75) is 26.3 Å². The molecule has 0 bridgehead atoms. The Labute approximate surface area is 117 Å². The van der Waals surface area contributed by atoms with E-state index in [9.17, 15) is 8.78 Å². The van der Waals surface area contributed by atoms with Gasteiger partial charge in [-0.05, 0) is 44.5 Å². The Kier molecular flexibility index (Phi) is 4.49. The summed E-state index contributed by atoms with van der Waals surface area (Å²) < 4.78 is 27.9. The van der Waals surface area contributed by atoms with Gasteiger partial charge in [0, 0.05) is 30.9 Å². The highest BCUT2D eigenvalue weighted by atomic mass is 19.1. The van der Waals surface area contributed by atoms with Crippen LogP contribution in [-0.2, 0) is 13.5 Å². The van der Waals surface area contributed by atoms with Gasteiger partial charge in [0.1, 0.15) is 11.6 Å². The minimum absolute atomic E-state index is 0.155. The van der Waals surface area contributed by atoms with Crippen LogP contribution in [-0.4, -0.2) is 16.3 Å². The molecule has 1 aromatic heterocycles. The molecule has 0 fully saturated rings. The largest absolute Gasteiger partial charge is 0.310 e. The first-order chi connectivity index (χ1) is 9.45.